The fraction of sp³-hybridized carbons (Fsp3) is 0.455. The van der Waals surface area contributed by atoms with Crippen LogP contribution in [0.2, 0.25) is 5.02 Å². The Kier molecular flexibility index (Phi) is 5.71. The van der Waals surface area contributed by atoms with E-state index in [4.69, 9.17) is 16.3 Å². The summed E-state index contributed by atoms with van der Waals surface area (Å²) >= 11 is 5.90. The van der Waals surface area contributed by atoms with E-state index >= 15 is 0 Å². The van der Waals surface area contributed by atoms with Gasteiger partial charge in [-0.2, -0.15) is 13.2 Å². The lowest BCUT2D eigenvalue weighted by Gasteiger charge is -2.13. The highest BCUT2D eigenvalue weighted by atomic mass is 35.5. The molecule has 0 aliphatic heterocycles. The molecule has 0 saturated carbocycles. The lowest BCUT2D eigenvalue weighted by atomic mass is 10.2. The number of rotatable bonds is 6. The Labute approximate surface area is 108 Å². The van der Waals surface area contributed by atoms with E-state index in [0.717, 1.165) is 5.56 Å². The fourth-order valence-electron chi connectivity index (χ4n) is 1.30. The maximum atomic E-state index is 11.8. The summed E-state index contributed by atoms with van der Waals surface area (Å²) in [7, 11) is 1.74. The van der Waals surface area contributed by atoms with Crippen LogP contribution in [0.1, 0.15) is 5.56 Å². The Morgan fingerprint density at radius 2 is 2.06 bits per heavy atom. The van der Waals surface area contributed by atoms with Gasteiger partial charge in [-0.1, -0.05) is 23.7 Å². The number of alkyl halides is 3. The Bertz CT molecular complexity index is 385. The zero-order valence-electron chi connectivity index (χ0n) is 9.68. The number of halogens is 4. The Hall–Kier alpha value is -0.980. The van der Waals surface area contributed by atoms with E-state index in [1.54, 1.807) is 25.2 Å². The minimum absolute atomic E-state index is 0.329. The number of hydrogen-bond donors (Lipinski definition) is 1. The number of hydrogen-bond acceptors (Lipinski definition) is 3. The second-order valence-corrected chi connectivity index (χ2v) is 3.89. The van der Waals surface area contributed by atoms with Crippen LogP contribution in [0.15, 0.2) is 18.2 Å². The Morgan fingerprint density at radius 1 is 1.33 bits per heavy atom. The van der Waals surface area contributed by atoms with Gasteiger partial charge in [0.25, 0.3) is 0 Å². The van der Waals surface area contributed by atoms with Crippen molar-refractivity contribution in [2.75, 3.05) is 20.4 Å². The molecule has 1 rings (SSSR count). The normalized spacial score (nSPS) is 11.6. The van der Waals surface area contributed by atoms with E-state index in [9.17, 15) is 13.2 Å². The first-order valence-electron chi connectivity index (χ1n) is 5.13. The predicted molar refractivity (Wildman–Crippen MR) is 61.7 cm³/mol. The summed E-state index contributed by atoms with van der Waals surface area (Å²) in [5, 5.41) is 3.24. The van der Waals surface area contributed by atoms with Crippen molar-refractivity contribution in [2.24, 2.45) is 0 Å². The van der Waals surface area contributed by atoms with Crippen LogP contribution in [0.4, 0.5) is 13.2 Å². The number of ether oxygens (including phenoxy) is 2. The molecular formula is C11H13ClF3NO2. The average molecular weight is 284 g/mol. The molecule has 0 heterocycles. The monoisotopic (exact) mass is 283 g/mol. The van der Waals surface area contributed by atoms with Gasteiger partial charge in [0.05, 0.1) is 5.02 Å². The van der Waals surface area contributed by atoms with Gasteiger partial charge in [0.2, 0.25) is 0 Å². The fourth-order valence-corrected chi connectivity index (χ4v) is 1.55. The third kappa shape index (κ3) is 5.12. The maximum Gasteiger partial charge on any atom is 0.411 e. The van der Waals surface area contributed by atoms with Crippen molar-refractivity contribution < 1.29 is 22.6 Å². The van der Waals surface area contributed by atoms with Crippen LogP contribution in [0.3, 0.4) is 0 Å². The molecule has 0 atom stereocenters. The molecule has 0 aliphatic rings. The van der Waals surface area contributed by atoms with Gasteiger partial charge in [0, 0.05) is 12.1 Å². The molecular weight excluding hydrogens is 271 g/mol. The van der Waals surface area contributed by atoms with Gasteiger partial charge in [0.15, 0.2) is 6.79 Å². The summed E-state index contributed by atoms with van der Waals surface area (Å²) in [6, 6.07) is 5.10. The van der Waals surface area contributed by atoms with Gasteiger partial charge in [-0.25, -0.2) is 0 Å². The van der Waals surface area contributed by atoms with Gasteiger partial charge in [0.1, 0.15) is 12.4 Å². The lowest BCUT2D eigenvalue weighted by molar-refractivity contribution is -0.186. The van der Waals surface area contributed by atoms with Crippen LogP contribution in [-0.2, 0) is 11.3 Å². The zero-order valence-corrected chi connectivity index (χ0v) is 10.4. The van der Waals surface area contributed by atoms with Crippen molar-refractivity contribution in [2.45, 2.75) is 12.7 Å². The van der Waals surface area contributed by atoms with E-state index in [1.807, 2.05) is 0 Å². The molecule has 1 N–H and O–H groups in total. The smallest absolute Gasteiger partial charge is 0.411 e. The molecule has 0 saturated heterocycles. The first-order valence-corrected chi connectivity index (χ1v) is 5.51. The topological polar surface area (TPSA) is 30.5 Å². The van der Waals surface area contributed by atoms with E-state index in [2.05, 4.69) is 10.1 Å². The van der Waals surface area contributed by atoms with Crippen LogP contribution in [0, 0.1) is 0 Å². The molecule has 0 unspecified atom stereocenters. The quantitative estimate of drug-likeness (QED) is 0.643. The minimum atomic E-state index is -4.36. The summed E-state index contributed by atoms with van der Waals surface area (Å²) in [5.41, 5.74) is 0.751. The van der Waals surface area contributed by atoms with Crippen LogP contribution >= 0.6 is 11.6 Å². The van der Waals surface area contributed by atoms with Crippen molar-refractivity contribution in [3.05, 3.63) is 28.8 Å². The van der Waals surface area contributed by atoms with Crippen LogP contribution < -0.4 is 10.1 Å². The SMILES string of the molecule is CNCc1cccc(Cl)c1OCOCC(F)(F)F. The van der Waals surface area contributed by atoms with Crippen molar-refractivity contribution in [1.82, 2.24) is 5.32 Å². The first kappa shape index (κ1) is 15.1. The second kappa shape index (κ2) is 6.82. The molecule has 102 valence electrons. The molecule has 1 aromatic carbocycles. The third-order valence-electron chi connectivity index (χ3n) is 1.97. The zero-order chi connectivity index (χ0) is 13.6. The third-order valence-corrected chi connectivity index (χ3v) is 2.27. The molecule has 3 nitrogen and oxygen atoms in total. The number of nitrogens with one attached hydrogen (secondary N) is 1. The summed E-state index contributed by atoms with van der Waals surface area (Å²) in [4.78, 5) is 0. The minimum Gasteiger partial charge on any atom is -0.466 e. The summed E-state index contributed by atoms with van der Waals surface area (Å²) in [6.45, 7) is -1.35. The van der Waals surface area contributed by atoms with Gasteiger partial charge in [-0.15, -0.1) is 0 Å². The maximum absolute atomic E-state index is 11.8. The molecule has 0 radical (unpaired) electrons. The van der Waals surface area contributed by atoms with E-state index in [-0.39, 0.29) is 0 Å². The molecule has 0 bridgehead atoms. The van der Waals surface area contributed by atoms with Crippen LogP contribution in [0.5, 0.6) is 5.75 Å². The molecule has 0 aromatic heterocycles. The Balaban J connectivity index is 2.55. The summed E-state index contributed by atoms with van der Waals surface area (Å²) in [6.07, 6.45) is -4.36. The van der Waals surface area contributed by atoms with Gasteiger partial charge in [-0.3, -0.25) is 0 Å². The van der Waals surface area contributed by atoms with Crippen molar-refractivity contribution >= 4 is 11.6 Å². The highest BCUT2D eigenvalue weighted by Crippen LogP contribution is 2.28. The van der Waals surface area contributed by atoms with E-state index in [0.29, 0.717) is 17.3 Å². The van der Waals surface area contributed by atoms with Crippen LogP contribution in [0.25, 0.3) is 0 Å². The number of benzene rings is 1. The molecule has 0 fully saturated rings. The van der Waals surface area contributed by atoms with Gasteiger partial charge >= 0.3 is 6.18 Å². The highest BCUT2D eigenvalue weighted by molar-refractivity contribution is 6.32. The first-order chi connectivity index (χ1) is 8.44. The second-order valence-electron chi connectivity index (χ2n) is 3.48. The van der Waals surface area contributed by atoms with E-state index in [1.165, 1.54) is 0 Å². The van der Waals surface area contributed by atoms with Crippen molar-refractivity contribution in [3.8, 4) is 5.75 Å². The molecule has 18 heavy (non-hydrogen) atoms. The van der Waals surface area contributed by atoms with Crippen molar-refractivity contribution in [3.63, 3.8) is 0 Å². The van der Waals surface area contributed by atoms with Gasteiger partial charge < -0.3 is 14.8 Å². The predicted octanol–water partition coefficient (Wildman–Crippen LogP) is 2.97. The van der Waals surface area contributed by atoms with Crippen molar-refractivity contribution in [1.29, 1.82) is 0 Å². The average Bonchev–Trinajstić information content (AvgIpc) is 2.26. The molecule has 0 amide bonds. The standard InChI is InChI=1S/C11H13ClF3NO2/c1-16-5-8-3-2-4-9(12)10(8)18-7-17-6-11(13,14)15/h2-4,16H,5-7H2,1H3. The largest absolute Gasteiger partial charge is 0.466 e. The molecule has 0 aliphatic carbocycles. The van der Waals surface area contributed by atoms with E-state index < -0.39 is 19.6 Å². The molecule has 0 spiro atoms. The molecule has 7 heteroatoms. The lowest BCUT2D eigenvalue weighted by Crippen LogP contribution is -2.19. The number of para-hydroxylation sites is 1. The summed E-state index contributed by atoms with van der Waals surface area (Å²) < 4.78 is 45.0. The highest BCUT2D eigenvalue weighted by Gasteiger charge is 2.27. The molecule has 1 aromatic rings. The van der Waals surface area contributed by atoms with Crippen LogP contribution in [-0.4, -0.2) is 26.6 Å². The van der Waals surface area contributed by atoms with Gasteiger partial charge in [-0.05, 0) is 13.1 Å². The summed E-state index contributed by atoms with van der Waals surface area (Å²) in [5.74, 6) is 0.329. The Morgan fingerprint density at radius 3 is 2.67 bits per heavy atom.